The maximum atomic E-state index is 12.1. The van der Waals surface area contributed by atoms with Crippen LogP contribution < -0.4 is 0 Å². The van der Waals surface area contributed by atoms with E-state index in [-0.39, 0.29) is 18.4 Å². The number of likely N-dealkylation sites (tertiary alicyclic amines) is 1. The van der Waals surface area contributed by atoms with E-state index >= 15 is 0 Å². The van der Waals surface area contributed by atoms with Gasteiger partial charge in [-0.25, -0.2) is 0 Å². The number of imide groups is 1. The predicted octanol–water partition coefficient (Wildman–Crippen LogP) is -0.182. The van der Waals surface area contributed by atoms with Crippen LogP contribution in [-0.2, 0) is 14.3 Å². The molecule has 3 rings (SSSR count). The van der Waals surface area contributed by atoms with Gasteiger partial charge in [0.25, 0.3) is 11.8 Å². The molecule has 3 fully saturated rings. The van der Waals surface area contributed by atoms with Crippen LogP contribution in [0, 0.1) is 0 Å². The number of carbonyl (C=O) groups is 2. The predicted molar refractivity (Wildman–Crippen MR) is 53.4 cm³/mol. The summed E-state index contributed by atoms with van der Waals surface area (Å²) in [6.07, 6.45) is 2.77. The van der Waals surface area contributed by atoms with E-state index in [4.69, 9.17) is 4.74 Å². The molecule has 0 radical (unpaired) electrons. The first kappa shape index (κ1) is 10.2. The minimum atomic E-state index is -0.612. The van der Waals surface area contributed by atoms with Crippen molar-refractivity contribution < 1.29 is 19.4 Å². The molecule has 2 heterocycles. The van der Waals surface area contributed by atoms with Crippen molar-refractivity contribution in [2.75, 3.05) is 6.61 Å². The molecule has 2 saturated heterocycles. The smallest absolute Gasteiger partial charge is 0.259 e. The van der Waals surface area contributed by atoms with Gasteiger partial charge in [0, 0.05) is 0 Å². The molecule has 0 aromatic rings. The van der Waals surface area contributed by atoms with E-state index in [0.29, 0.717) is 12.8 Å². The van der Waals surface area contributed by atoms with Crippen LogP contribution in [0.4, 0.5) is 0 Å². The van der Waals surface area contributed by atoms with Crippen molar-refractivity contribution in [2.24, 2.45) is 0 Å². The number of fused-ring (bicyclic) bond motifs is 2. The Hall–Kier alpha value is -0.940. The minimum Gasteiger partial charge on any atom is -0.394 e. The molecule has 0 spiro atoms. The average Bonchev–Trinajstić information content (AvgIpc) is 2.66. The van der Waals surface area contributed by atoms with Gasteiger partial charge in [0.05, 0.1) is 12.1 Å². The summed E-state index contributed by atoms with van der Waals surface area (Å²) in [5.74, 6) is -0.486. The Morgan fingerprint density at radius 3 is 2.19 bits per heavy atom. The van der Waals surface area contributed by atoms with E-state index < -0.39 is 17.7 Å². The number of aliphatic hydroxyl groups is 1. The lowest BCUT2D eigenvalue weighted by atomic mass is 9.75. The molecule has 0 aromatic heterocycles. The molecule has 0 aromatic carbocycles. The zero-order valence-electron chi connectivity index (χ0n) is 9.02. The van der Waals surface area contributed by atoms with Gasteiger partial charge in [-0.05, 0) is 32.1 Å². The van der Waals surface area contributed by atoms with Gasteiger partial charge in [0.2, 0.25) is 0 Å². The number of carbonyl (C=O) groups excluding carboxylic acids is 2. The van der Waals surface area contributed by atoms with Gasteiger partial charge < -0.3 is 9.84 Å². The highest BCUT2D eigenvalue weighted by atomic mass is 16.5. The molecule has 2 atom stereocenters. The van der Waals surface area contributed by atoms with Crippen molar-refractivity contribution in [1.29, 1.82) is 0 Å². The first-order chi connectivity index (χ1) is 7.68. The van der Waals surface area contributed by atoms with Crippen LogP contribution in [0.1, 0.15) is 32.1 Å². The fourth-order valence-electron chi connectivity index (χ4n) is 2.90. The minimum absolute atomic E-state index is 0.121. The van der Waals surface area contributed by atoms with Crippen LogP contribution in [0.15, 0.2) is 0 Å². The van der Waals surface area contributed by atoms with Gasteiger partial charge in [-0.2, -0.15) is 0 Å². The zero-order chi connectivity index (χ0) is 11.3. The summed E-state index contributed by atoms with van der Waals surface area (Å²) in [4.78, 5) is 25.4. The van der Waals surface area contributed by atoms with Crippen LogP contribution in [0.3, 0.4) is 0 Å². The Balaban J connectivity index is 1.94. The summed E-state index contributed by atoms with van der Waals surface area (Å²) in [7, 11) is 0. The molecule has 2 bridgehead atoms. The Labute approximate surface area is 93.4 Å². The lowest BCUT2D eigenvalue weighted by molar-refractivity contribution is -0.183. The van der Waals surface area contributed by atoms with Gasteiger partial charge in [-0.15, -0.1) is 0 Å². The molecule has 88 valence electrons. The van der Waals surface area contributed by atoms with Gasteiger partial charge in [-0.3, -0.25) is 14.5 Å². The summed E-state index contributed by atoms with van der Waals surface area (Å²) in [5.41, 5.74) is -0.612. The molecule has 3 aliphatic rings. The number of morpholine rings is 1. The topological polar surface area (TPSA) is 66.8 Å². The molecule has 1 N–H and O–H groups in total. The van der Waals surface area contributed by atoms with Crippen LogP contribution >= 0.6 is 0 Å². The highest BCUT2D eigenvalue weighted by molar-refractivity contribution is 6.03. The summed E-state index contributed by atoms with van der Waals surface area (Å²) >= 11 is 0. The summed E-state index contributed by atoms with van der Waals surface area (Å²) < 4.78 is 5.34. The van der Waals surface area contributed by atoms with Crippen molar-refractivity contribution in [2.45, 2.75) is 49.9 Å². The molecule has 5 heteroatoms. The molecular weight excluding hydrogens is 210 g/mol. The maximum absolute atomic E-state index is 12.1. The fraction of sp³-hybridized carbons (Fsp3) is 0.818. The Kier molecular flexibility index (Phi) is 2.09. The van der Waals surface area contributed by atoms with Crippen LogP contribution in [0.25, 0.3) is 0 Å². The van der Waals surface area contributed by atoms with Crippen molar-refractivity contribution in [3.63, 3.8) is 0 Å². The number of rotatable bonds is 2. The summed E-state index contributed by atoms with van der Waals surface area (Å²) in [6, 6.07) is 0. The standard InChI is InChI=1S/C11H15NO4/c13-6-11(4-1-5-11)12-9(14)7-2-3-8(16-7)10(12)15/h7-8,13H,1-6H2. The van der Waals surface area contributed by atoms with Crippen LogP contribution in [0.2, 0.25) is 0 Å². The third-order valence-corrected chi connectivity index (χ3v) is 4.06. The molecular formula is C11H15NO4. The number of amides is 2. The lowest BCUT2D eigenvalue weighted by Crippen LogP contribution is -2.66. The maximum Gasteiger partial charge on any atom is 0.259 e. The Morgan fingerprint density at radius 1 is 1.25 bits per heavy atom. The van der Waals surface area contributed by atoms with Crippen molar-refractivity contribution >= 4 is 11.8 Å². The van der Waals surface area contributed by atoms with Crippen molar-refractivity contribution in [3.8, 4) is 0 Å². The third-order valence-electron chi connectivity index (χ3n) is 4.06. The van der Waals surface area contributed by atoms with Gasteiger partial charge in [0.15, 0.2) is 0 Å². The quantitative estimate of drug-likeness (QED) is 0.662. The molecule has 5 nitrogen and oxygen atoms in total. The number of ether oxygens (including phenoxy) is 1. The van der Waals surface area contributed by atoms with E-state index in [2.05, 4.69) is 0 Å². The summed E-state index contributed by atoms with van der Waals surface area (Å²) in [5, 5.41) is 9.43. The van der Waals surface area contributed by atoms with Crippen LogP contribution in [-0.4, -0.2) is 46.2 Å². The SMILES string of the molecule is O=C1C2CCC(O2)C(=O)N1C1(CO)CCC1. The van der Waals surface area contributed by atoms with Gasteiger partial charge >= 0.3 is 0 Å². The van der Waals surface area contributed by atoms with E-state index in [1.54, 1.807) is 0 Å². The highest BCUT2D eigenvalue weighted by Crippen LogP contribution is 2.42. The molecule has 2 amide bonds. The summed E-state index contributed by atoms with van der Waals surface area (Å²) in [6.45, 7) is -0.121. The fourth-order valence-corrected chi connectivity index (χ4v) is 2.90. The normalized spacial score (nSPS) is 36.4. The van der Waals surface area contributed by atoms with E-state index in [0.717, 1.165) is 19.3 Å². The van der Waals surface area contributed by atoms with Gasteiger partial charge in [0.1, 0.15) is 12.2 Å². The largest absolute Gasteiger partial charge is 0.394 e. The monoisotopic (exact) mass is 225 g/mol. The number of hydrogen-bond donors (Lipinski definition) is 1. The van der Waals surface area contributed by atoms with Gasteiger partial charge in [-0.1, -0.05) is 0 Å². The second-order valence-corrected chi connectivity index (χ2v) is 4.94. The first-order valence-electron chi connectivity index (χ1n) is 5.82. The number of nitrogens with zero attached hydrogens (tertiary/aromatic N) is 1. The second-order valence-electron chi connectivity index (χ2n) is 4.94. The molecule has 2 unspecified atom stereocenters. The van der Waals surface area contributed by atoms with Crippen LogP contribution in [0.5, 0.6) is 0 Å². The molecule has 1 saturated carbocycles. The van der Waals surface area contributed by atoms with E-state index in [1.165, 1.54) is 4.90 Å². The first-order valence-corrected chi connectivity index (χ1v) is 5.82. The molecule has 1 aliphatic carbocycles. The molecule has 16 heavy (non-hydrogen) atoms. The lowest BCUT2D eigenvalue weighted by Gasteiger charge is -2.50. The van der Waals surface area contributed by atoms with E-state index in [9.17, 15) is 14.7 Å². The third kappa shape index (κ3) is 1.13. The highest BCUT2D eigenvalue weighted by Gasteiger charge is 2.55. The Bertz CT molecular complexity index is 322. The zero-order valence-corrected chi connectivity index (χ0v) is 9.02. The average molecular weight is 225 g/mol. The number of hydrogen-bond acceptors (Lipinski definition) is 4. The van der Waals surface area contributed by atoms with Crippen molar-refractivity contribution in [3.05, 3.63) is 0 Å². The van der Waals surface area contributed by atoms with E-state index in [1.807, 2.05) is 0 Å². The second kappa shape index (κ2) is 3.28. The van der Waals surface area contributed by atoms with Crippen molar-refractivity contribution in [1.82, 2.24) is 4.90 Å². The molecule has 2 aliphatic heterocycles. The Morgan fingerprint density at radius 2 is 1.81 bits per heavy atom. The number of aliphatic hydroxyl groups excluding tert-OH is 1.